The van der Waals surface area contributed by atoms with Crippen molar-refractivity contribution in [3.05, 3.63) is 60.2 Å². The Labute approximate surface area is 147 Å². The van der Waals surface area contributed by atoms with E-state index in [1.807, 2.05) is 30.3 Å². The standard InChI is InChI=1S/C17H15F2N7/c18-15(19)10-26-9-12(7-21-26)22-17-23-14(6-11-4-2-1-3-5-11)13-8-20-25-16(13)24-17/h1-5,7-9,15H,6,10H2,(H2,20,22,23,24,25). The molecule has 0 radical (unpaired) electrons. The lowest BCUT2D eigenvalue weighted by atomic mass is 10.1. The Kier molecular flexibility index (Phi) is 4.26. The van der Waals surface area contributed by atoms with Crippen LogP contribution in [0.15, 0.2) is 48.9 Å². The first-order chi connectivity index (χ1) is 12.7. The Bertz CT molecular complexity index is 1010. The van der Waals surface area contributed by atoms with E-state index in [4.69, 9.17) is 0 Å². The summed E-state index contributed by atoms with van der Waals surface area (Å²) in [6.07, 6.45) is 2.80. The molecule has 4 rings (SSSR count). The Morgan fingerprint density at radius 3 is 2.77 bits per heavy atom. The molecule has 26 heavy (non-hydrogen) atoms. The summed E-state index contributed by atoms with van der Waals surface area (Å²) >= 11 is 0. The number of H-pyrrole nitrogens is 1. The van der Waals surface area contributed by atoms with Crippen molar-refractivity contribution in [2.24, 2.45) is 0 Å². The van der Waals surface area contributed by atoms with Crippen molar-refractivity contribution in [2.75, 3.05) is 5.32 Å². The molecule has 0 fully saturated rings. The van der Waals surface area contributed by atoms with E-state index in [2.05, 4.69) is 30.6 Å². The fraction of sp³-hybridized carbons (Fsp3) is 0.176. The minimum atomic E-state index is -2.46. The number of alkyl halides is 2. The largest absolute Gasteiger partial charge is 0.321 e. The van der Waals surface area contributed by atoms with Gasteiger partial charge in [-0.3, -0.25) is 9.78 Å². The molecule has 2 N–H and O–H groups in total. The number of nitrogens with one attached hydrogen (secondary N) is 2. The molecule has 3 heterocycles. The highest BCUT2D eigenvalue weighted by Gasteiger charge is 2.12. The fourth-order valence-corrected chi connectivity index (χ4v) is 2.67. The van der Waals surface area contributed by atoms with Gasteiger partial charge in [0.15, 0.2) is 5.65 Å². The second-order valence-electron chi connectivity index (χ2n) is 5.76. The number of rotatable bonds is 6. The second-order valence-corrected chi connectivity index (χ2v) is 5.76. The van der Waals surface area contributed by atoms with E-state index in [9.17, 15) is 8.78 Å². The topological polar surface area (TPSA) is 84.3 Å². The second kappa shape index (κ2) is 6.87. The molecule has 132 valence electrons. The summed E-state index contributed by atoms with van der Waals surface area (Å²) < 4.78 is 26.1. The van der Waals surface area contributed by atoms with Crippen LogP contribution in [0.3, 0.4) is 0 Å². The van der Waals surface area contributed by atoms with Gasteiger partial charge in [0.1, 0.15) is 6.54 Å². The summed E-state index contributed by atoms with van der Waals surface area (Å²) in [6, 6.07) is 9.95. The lowest BCUT2D eigenvalue weighted by Crippen LogP contribution is -2.06. The summed E-state index contributed by atoms with van der Waals surface area (Å²) in [5.41, 5.74) is 3.07. The van der Waals surface area contributed by atoms with Gasteiger partial charge in [-0.05, 0) is 5.56 Å². The van der Waals surface area contributed by atoms with Crippen molar-refractivity contribution in [2.45, 2.75) is 19.4 Å². The minimum absolute atomic E-state index is 0.351. The van der Waals surface area contributed by atoms with Gasteiger partial charge in [-0.2, -0.15) is 15.2 Å². The molecule has 0 unspecified atom stereocenters. The van der Waals surface area contributed by atoms with Crippen LogP contribution < -0.4 is 5.32 Å². The number of aromatic nitrogens is 6. The quantitative estimate of drug-likeness (QED) is 0.555. The van der Waals surface area contributed by atoms with E-state index in [-0.39, 0.29) is 0 Å². The van der Waals surface area contributed by atoms with Crippen LogP contribution in [-0.2, 0) is 13.0 Å². The van der Waals surface area contributed by atoms with E-state index < -0.39 is 13.0 Å². The van der Waals surface area contributed by atoms with Crippen molar-refractivity contribution < 1.29 is 8.78 Å². The third kappa shape index (κ3) is 3.51. The molecule has 4 aromatic rings. The van der Waals surface area contributed by atoms with Crippen molar-refractivity contribution in [3.63, 3.8) is 0 Å². The van der Waals surface area contributed by atoms with E-state index >= 15 is 0 Å². The molecule has 0 saturated heterocycles. The first kappa shape index (κ1) is 16.1. The lowest BCUT2D eigenvalue weighted by Gasteiger charge is -2.07. The van der Waals surface area contributed by atoms with Gasteiger partial charge in [-0.1, -0.05) is 30.3 Å². The molecule has 0 amide bonds. The van der Waals surface area contributed by atoms with Crippen molar-refractivity contribution in [1.82, 2.24) is 29.9 Å². The van der Waals surface area contributed by atoms with Gasteiger partial charge in [-0.15, -0.1) is 0 Å². The molecular formula is C17H15F2N7. The predicted molar refractivity (Wildman–Crippen MR) is 92.4 cm³/mol. The third-order valence-corrected chi connectivity index (χ3v) is 3.82. The van der Waals surface area contributed by atoms with Crippen LogP contribution >= 0.6 is 0 Å². The average Bonchev–Trinajstić information content (AvgIpc) is 3.25. The van der Waals surface area contributed by atoms with Crippen LogP contribution in [0.4, 0.5) is 20.4 Å². The van der Waals surface area contributed by atoms with Crippen LogP contribution in [0.1, 0.15) is 11.3 Å². The maximum atomic E-state index is 12.4. The molecule has 0 spiro atoms. The van der Waals surface area contributed by atoms with Gasteiger partial charge in [0.25, 0.3) is 6.43 Å². The number of anilines is 2. The van der Waals surface area contributed by atoms with Crippen LogP contribution in [0.2, 0.25) is 0 Å². The van der Waals surface area contributed by atoms with Gasteiger partial charge >= 0.3 is 0 Å². The Balaban J connectivity index is 1.62. The predicted octanol–water partition coefficient (Wildman–Crippen LogP) is 3.15. The SMILES string of the molecule is FC(F)Cn1cc(Nc2nc(Cc3ccccc3)c3cn[nH]c3n2)cn1. The lowest BCUT2D eigenvalue weighted by molar-refractivity contribution is 0.122. The number of halogens is 2. The normalized spacial score (nSPS) is 11.3. The molecule has 0 aliphatic rings. The van der Waals surface area contributed by atoms with E-state index in [0.29, 0.717) is 23.7 Å². The Hall–Kier alpha value is -3.36. The number of hydrogen-bond donors (Lipinski definition) is 2. The summed E-state index contributed by atoms with van der Waals surface area (Å²) in [7, 11) is 0. The molecule has 1 aromatic carbocycles. The Morgan fingerprint density at radius 2 is 1.96 bits per heavy atom. The monoisotopic (exact) mass is 355 g/mol. The number of fused-ring (bicyclic) bond motifs is 1. The van der Waals surface area contributed by atoms with Gasteiger partial charge in [0.2, 0.25) is 5.95 Å². The zero-order valence-corrected chi connectivity index (χ0v) is 13.6. The number of nitrogens with zero attached hydrogens (tertiary/aromatic N) is 5. The maximum absolute atomic E-state index is 12.4. The molecule has 0 aliphatic heterocycles. The molecular weight excluding hydrogens is 340 g/mol. The molecule has 3 aromatic heterocycles. The maximum Gasteiger partial charge on any atom is 0.257 e. The van der Waals surface area contributed by atoms with Gasteiger partial charge in [-0.25, -0.2) is 13.8 Å². The highest BCUT2D eigenvalue weighted by atomic mass is 19.3. The first-order valence-corrected chi connectivity index (χ1v) is 7.99. The average molecular weight is 355 g/mol. The molecule has 0 saturated carbocycles. The summed E-state index contributed by atoms with van der Waals surface area (Å²) in [4.78, 5) is 8.94. The summed E-state index contributed by atoms with van der Waals surface area (Å²) in [6.45, 7) is -0.457. The van der Waals surface area contributed by atoms with Gasteiger partial charge in [0.05, 0.1) is 29.2 Å². The van der Waals surface area contributed by atoms with Crippen molar-refractivity contribution in [1.29, 1.82) is 0 Å². The van der Waals surface area contributed by atoms with Crippen LogP contribution in [0.5, 0.6) is 0 Å². The number of aromatic amines is 1. The molecule has 0 bridgehead atoms. The molecule has 0 atom stereocenters. The highest BCUT2D eigenvalue weighted by molar-refractivity contribution is 5.78. The molecule has 9 heteroatoms. The van der Waals surface area contributed by atoms with E-state index in [0.717, 1.165) is 16.6 Å². The zero-order chi connectivity index (χ0) is 17.9. The van der Waals surface area contributed by atoms with Crippen molar-refractivity contribution >= 4 is 22.7 Å². The Morgan fingerprint density at radius 1 is 1.12 bits per heavy atom. The molecule has 0 aliphatic carbocycles. The molecule has 7 nitrogen and oxygen atoms in total. The smallest absolute Gasteiger partial charge is 0.257 e. The highest BCUT2D eigenvalue weighted by Crippen LogP contribution is 2.20. The third-order valence-electron chi connectivity index (χ3n) is 3.82. The van der Waals surface area contributed by atoms with Crippen molar-refractivity contribution in [3.8, 4) is 0 Å². The van der Waals surface area contributed by atoms with Crippen LogP contribution in [0.25, 0.3) is 11.0 Å². The zero-order valence-electron chi connectivity index (χ0n) is 13.6. The first-order valence-electron chi connectivity index (χ1n) is 7.99. The van der Waals surface area contributed by atoms with Crippen LogP contribution in [-0.4, -0.2) is 36.4 Å². The summed E-state index contributed by atoms with van der Waals surface area (Å²) in [5.74, 6) is 0.351. The van der Waals surface area contributed by atoms with Gasteiger partial charge < -0.3 is 5.32 Å². The van der Waals surface area contributed by atoms with E-state index in [1.54, 1.807) is 6.20 Å². The number of benzene rings is 1. The summed E-state index contributed by atoms with van der Waals surface area (Å²) in [5, 5.41) is 14.6. The minimum Gasteiger partial charge on any atom is -0.321 e. The number of hydrogen-bond acceptors (Lipinski definition) is 5. The fourth-order valence-electron chi connectivity index (χ4n) is 2.67. The van der Waals surface area contributed by atoms with E-state index in [1.165, 1.54) is 17.1 Å². The van der Waals surface area contributed by atoms with Crippen LogP contribution in [0, 0.1) is 0 Å². The van der Waals surface area contributed by atoms with Gasteiger partial charge in [0, 0.05) is 12.6 Å².